The molecule has 4 heteroatoms. The monoisotopic (exact) mass is 365 g/mol. The molecule has 0 radical (unpaired) electrons. The van der Waals surface area contributed by atoms with Gasteiger partial charge in [0.15, 0.2) is 0 Å². The van der Waals surface area contributed by atoms with Gasteiger partial charge in [0.05, 0.1) is 11.6 Å². The van der Waals surface area contributed by atoms with Crippen molar-refractivity contribution in [3.8, 4) is 0 Å². The molecule has 0 unspecified atom stereocenters. The number of rotatable bonds is 7. The van der Waals surface area contributed by atoms with Gasteiger partial charge in [0.1, 0.15) is 0 Å². The van der Waals surface area contributed by atoms with Crippen LogP contribution in [0.4, 0.5) is 0 Å². The highest BCUT2D eigenvalue weighted by atomic mass is 32.1. The highest BCUT2D eigenvalue weighted by Crippen LogP contribution is 2.47. The van der Waals surface area contributed by atoms with Crippen molar-refractivity contribution in [1.82, 2.24) is 4.90 Å². The molecule has 1 aromatic rings. The third-order valence-electron chi connectivity index (χ3n) is 5.99. The van der Waals surface area contributed by atoms with E-state index in [2.05, 4.69) is 57.0 Å². The van der Waals surface area contributed by atoms with Gasteiger partial charge < -0.3 is 9.64 Å². The van der Waals surface area contributed by atoms with Crippen molar-refractivity contribution in [2.24, 2.45) is 11.3 Å². The molecule has 1 amide bonds. The second kappa shape index (κ2) is 8.22. The lowest BCUT2D eigenvalue weighted by Crippen LogP contribution is -2.46. The second-order valence-corrected chi connectivity index (χ2v) is 9.41. The zero-order valence-electron chi connectivity index (χ0n) is 16.8. The molecule has 0 aliphatic carbocycles. The predicted octanol–water partition coefficient (Wildman–Crippen LogP) is 5.67. The Balaban J connectivity index is 2.16. The molecule has 0 N–H and O–H groups in total. The maximum atomic E-state index is 12.6. The molecule has 0 spiro atoms. The minimum absolute atomic E-state index is 0.0680. The van der Waals surface area contributed by atoms with Gasteiger partial charge in [0, 0.05) is 24.4 Å². The largest absolute Gasteiger partial charge is 0.376 e. The normalized spacial score (nSPS) is 24.3. The van der Waals surface area contributed by atoms with Crippen molar-refractivity contribution in [2.75, 3.05) is 13.2 Å². The fourth-order valence-electron chi connectivity index (χ4n) is 4.28. The number of carbonyl (C=O) groups is 1. The Morgan fingerprint density at radius 3 is 2.60 bits per heavy atom. The quantitative estimate of drug-likeness (QED) is 0.623. The van der Waals surface area contributed by atoms with E-state index in [1.54, 1.807) is 11.3 Å². The lowest BCUT2D eigenvalue weighted by molar-refractivity contribution is -0.137. The molecule has 2 heterocycles. The zero-order valence-corrected chi connectivity index (χ0v) is 17.6. The Bertz CT molecular complexity index is 552. The summed E-state index contributed by atoms with van der Waals surface area (Å²) in [6, 6.07) is 4.37. The first-order chi connectivity index (χ1) is 11.7. The lowest BCUT2D eigenvalue weighted by Gasteiger charge is -2.48. The van der Waals surface area contributed by atoms with Crippen LogP contribution >= 0.6 is 11.3 Å². The van der Waals surface area contributed by atoms with E-state index in [1.165, 1.54) is 4.88 Å². The maximum Gasteiger partial charge on any atom is 0.222 e. The summed E-state index contributed by atoms with van der Waals surface area (Å²) >= 11 is 1.74. The molecule has 25 heavy (non-hydrogen) atoms. The van der Waals surface area contributed by atoms with Crippen LogP contribution in [0.15, 0.2) is 17.5 Å². The third-order valence-corrected chi connectivity index (χ3v) is 7.03. The van der Waals surface area contributed by atoms with Crippen LogP contribution in [0.5, 0.6) is 0 Å². The van der Waals surface area contributed by atoms with Gasteiger partial charge >= 0.3 is 0 Å². The summed E-state index contributed by atoms with van der Waals surface area (Å²) in [5, 5.41) is 2.09. The predicted molar refractivity (Wildman–Crippen MR) is 106 cm³/mol. The summed E-state index contributed by atoms with van der Waals surface area (Å²) < 4.78 is 5.97. The summed E-state index contributed by atoms with van der Waals surface area (Å²) in [5.74, 6) is 0.845. The Kier molecular flexibility index (Phi) is 6.72. The smallest absolute Gasteiger partial charge is 0.222 e. The summed E-state index contributed by atoms with van der Waals surface area (Å²) in [5.41, 5.74) is 0.185. The Hall–Kier alpha value is -0.870. The highest BCUT2D eigenvalue weighted by molar-refractivity contribution is 7.10. The fraction of sp³-hybridized carbons (Fsp3) is 0.762. The maximum absolute atomic E-state index is 12.6. The van der Waals surface area contributed by atoms with E-state index in [0.717, 1.165) is 32.4 Å². The van der Waals surface area contributed by atoms with Gasteiger partial charge in [-0.1, -0.05) is 26.8 Å². The van der Waals surface area contributed by atoms with Crippen LogP contribution in [0.2, 0.25) is 0 Å². The standard InChI is InChI=1S/C21H35NO2S/c1-7-19(23)22(17(4)18-9-8-14-25-18)12-10-21(16(2)3)11-13-24-20(5,6)15-21/h8-9,14,16-17H,7,10-13,15H2,1-6H3/t17-,21-/m0/s1. The molecular weight excluding hydrogens is 330 g/mol. The first-order valence-corrected chi connectivity index (χ1v) is 10.6. The van der Waals surface area contributed by atoms with Gasteiger partial charge in [-0.3, -0.25) is 4.79 Å². The molecule has 1 fully saturated rings. The minimum Gasteiger partial charge on any atom is -0.376 e. The number of carbonyl (C=O) groups excluding carboxylic acids is 1. The number of hydrogen-bond acceptors (Lipinski definition) is 3. The number of hydrogen-bond donors (Lipinski definition) is 0. The molecule has 1 aromatic heterocycles. The molecular formula is C21H35NO2S. The number of thiophene rings is 1. The molecule has 0 bridgehead atoms. The zero-order chi connectivity index (χ0) is 18.7. The molecule has 0 aromatic carbocycles. The topological polar surface area (TPSA) is 29.5 Å². The van der Waals surface area contributed by atoms with E-state index in [0.29, 0.717) is 12.3 Å². The third kappa shape index (κ3) is 4.85. The second-order valence-electron chi connectivity index (χ2n) is 8.43. The average Bonchev–Trinajstić information content (AvgIpc) is 3.07. The van der Waals surface area contributed by atoms with Crippen molar-refractivity contribution in [2.45, 2.75) is 78.9 Å². The van der Waals surface area contributed by atoms with Crippen molar-refractivity contribution in [3.63, 3.8) is 0 Å². The Morgan fingerprint density at radius 1 is 1.36 bits per heavy atom. The average molecular weight is 366 g/mol. The molecule has 0 saturated carbocycles. The van der Waals surface area contributed by atoms with Crippen LogP contribution in [0.1, 0.15) is 78.1 Å². The minimum atomic E-state index is -0.0680. The van der Waals surface area contributed by atoms with Crippen LogP contribution < -0.4 is 0 Å². The fourth-order valence-corrected chi connectivity index (χ4v) is 5.07. The van der Waals surface area contributed by atoms with E-state index >= 15 is 0 Å². The van der Waals surface area contributed by atoms with Gasteiger partial charge in [-0.2, -0.15) is 0 Å². The van der Waals surface area contributed by atoms with Gasteiger partial charge in [-0.25, -0.2) is 0 Å². The van der Waals surface area contributed by atoms with E-state index in [-0.39, 0.29) is 23.0 Å². The highest BCUT2D eigenvalue weighted by Gasteiger charge is 2.43. The first kappa shape index (κ1) is 20.4. The molecule has 1 aliphatic rings. The van der Waals surface area contributed by atoms with E-state index in [9.17, 15) is 4.79 Å². The molecule has 2 rings (SSSR count). The van der Waals surface area contributed by atoms with Crippen LogP contribution in [0.3, 0.4) is 0 Å². The summed E-state index contributed by atoms with van der Waals surface area (Å²) in [4.78, 5) is 16.0. The Morgan fingerprint density at radius 2 is 2.08 bits per heavy atom. The van der Waals surface area contributed by atoms with Crippen molar-refractivity contribution in [3.05, 3.63) is 22.4 Å². The van der Waals surface area contributed by atoms with E-state index in [4.69, 9.17) is 4.74 Å². The van der Waals surface area contributed by atoms with Crippen LogP contribution in [-0.2, 0) is 9.53 Å². The van der Waals surface area contributed by atoms with Crippen molar-refractivity contribution in [1.29, 1.82) is 0 Å². The summed E-state index contributed by atoms with van der Waals surface area (Å²) in [7, 11) is 0. The van der Waals surface area contributed by atoms with E-state index < -0.39 is 0 Å². The molecule has 3 nitrogen and oxygen atoms in total. The number of ether oxygens (including phenoxy) is 1. The Labute approximate surface area is 157 Å². The van der Waals surface area contributed by atoms with Gasteiger partial charge in [-0.05, 0) is 62.8 Å². The number of nitrogens with zero attached hydrogens (tertiary/aromatic N) is 1. The van der Waals surface area contributed by atoms with Crippen LogP contribution in [0.25, 0.3) is 0 Å². The molecule has 1 aliphatic heterocycles. The summed E-state index contributed by atoms with van der Waals surface area (Å²) in [6.45, 7) is 14.8. The molecule has 2 atom stereocenters. The first-order valence-electron chi connectivity index (χ1n) is 9.67. The van der Waals surface area contributed by atoms with Crippen LogP contribution in [-0.4, -0.2) is 29.6 Å². The van der Waals surface area contributed by atoms with E-state index in [1.807, 2.05) is 6.92 Å². The summed E-state index contributed by atoms with van der Waals surface area (Å²) in [6.07, 6.45) is 3.78. The molecule has 142 valence electrons. The van der Waals surface area contributed by atoms with Gasteiger partial charge in [0.2, 0.25) is 5.91 Å². The van der Waals surface area contributed by atoms with Gasteiger partial charge in [-0.15, -0.1) is 11.3 Å². The number of amides is 1. The lowest BCUT2D eigenvalue weighted by atomic mass is 9.65. The molecule has 1 saturated heterocycles. The van der Waals surface area contributed by atoms with Crippen LogP contribution in [0, 0.1) is 11.3 Å². The van der Waals surface area contributed by atoms with Gasteiger partial charge in [0.25, 0.3) is 0 Å². The van der Waals surface area contributed by atoms with Crippen molar-refractivity contribution >= 4 is 17.2 Å². The SMILES string of the molecule is CCC(=O)N(CC[C@]1(C(C)C)CCOC(C)(C)C1)[C@@H](C)c1cccs1. The van der Waals surface area contributed by atoms with Crippen molar-refractivity contribution < 1.29 is 9.53 Å².